The van der Waals surface area contributed by atoms with E-state index in [0.29, 0.717) is 12.0 Å². The summed E-state index contributed by atoms with van der Waals surface area (Å²) in [6.07, 6.45) is 3.88. The van der Waals surface area contributed by atoms with Crippen molar-refractivity contribution >= 4 is 10.8 Å². The average molecular weight is 284 g/mol. The van der Waals surface area contributed by atoms with Crippen LogP contribution in [0.1, 0.15) is 37.8 Å². The number of nitrogens with one attached hydrogen (secondary N) is 1. The summed E-state index contributed by atoms with van der Waals surface area (Å²) in [5, 5.41) is 2.55. The van der Waals surface area contributed by atoms with Crippen LogP contribution in [0.2, 0.25) is 0 Å². The van der Waals surface area contributed by atoms with Gasteiger partial charge in [-0.2, -0.15) is 0 Å². The van der Waals surface area contributed by atoms with Gasteiger partial charge in [-0.3, -0.25) is 11.3 Å². The quantitative estimate of drug-likeness (QED) is 0.630. The van der Waals surface area contributed by atoms with E-state index in [-0.39, 0.29) is 6.04 Å². The molecule has 1 fully saturated rings. The third-order valence-electron chi connectivity index (χ3n) is 4.54. The summed E-state index contributed by atoms with van der Waals surface area (Å²) in [5.74, 6) is 6.50. The largest absolute Gasteiger partial charge is 0.378 e. The van der Waals surface area contributed by atoms with E-state index in [0.717, 1.165) is 13.0 Å². The minimum absolute atomic E-state index is 0.224. The molecule has 1 saturated carbocycles. The summed E-state index contributed by atoms with van der Waals surface area (Å²) in [7, 11) is 0. The molecule has 3 heteroatoms. The zero-order valence-corrected chi connectivity index (χ0v) is 12.6. The molecular weight excluding hydrogens is 260 g/mol. The summed E-state index contributed by atoms with van der Waals surface area (Å²) in [4.78, 5) is 0. The molecule has 0 radical (unpaired) electrons. The summed E-state index contributed by atoms with van der Waals surface area (Å²) in [5.41, 5.74) is 4.26. The predicted octanol–water partition coefficient (Wildman–Crippen LogP) is 3.55. The molecule has 0 aliphatic heterocycles. The van der Waals surface area contributed by atoms with Crippen LogP contribution in [0.4, 0.5) is 0 Å². The van der Waals surface area contributed by atoms with Crippen LogP contribution in [0.5, 0.6) is 0 Å². The molecule has 0 amide bonds. The number of hydrogen-bond donors (Lipinski definition) is 2. The predicted molar refractivity (Wildman–Crippen MR) is 86.8 cm³/mol. The van der Waals surface area contributed by atoms with E-state index in [1.54, 1.807) is 0 Å². The van der Waals surface area contributed by atoms with Gasteiger partial charge in [-0.1, -0.05) is 36.4 Å². The molecule has 1 unspecified atom stereocenters. The SMILES string of the molecule is CCOC1CC(CC(NN)c2ccc3ccccc3c2)C1. The molecule has 0 spiro atoms. The summed E-state index contributed by atoms with van der Waals surface area (Å²) in [6.45, 7) is 2.88. The van der Waals surface area contributed by atoms with Crippen molar-refractivity contribution in [2.24, 2.45) is 11.8 Å². The molecule has 21 heavy (non-hydrogen) atoms. The molecule has 3 rings (SSSR count). The second kappa shape index (κ2) is 6.56. The Morgan fingerprint density at radius 2 is 1.95 bits per heavy atom. The molecule has 1 atom stereocenters. The third kappa shape index (κ3) is 3.26. The fraction of sp³-hybridized carbons (Fsp3) is 0.444. The lowest BCUT2D eigenvalue weighted by molar-refractivity contribution is -0.0291. The van der Waals surface area contributed by atoms with Crippen molar-refractivity contribution in [2.45, 2.75) is 38.3 Å². The maximum absolute atomic E-state index is 5.79. The highest BCUT2D eigenvalue weighted by Gasteiger charge is 2.31. The first-order chi connectivity index (χ1) is 10.3. The van der Waals surface area contributed by atoms with Crippen molar-refractivity contribution in [3.63, 3.8) is 0 Å². The van der Waals surface area contributed by atoms with E-state index < -0.39 is 0 Å². The molecule has 0 bridgehead atoms. The van der Waals surface area contributed by atoms with Crippen molar-refractivity contribution in [2.75, 3.05) is 6.61 Å². The molecular formula is C18H24N2O. The Kier molecular flexibility index (Phi) is 4.54. The second-order valence-electron chi connectivity index (χ2n) is 5.98. The van der Waals surface area contributed by atoms with E-state index in [9.17, 15) is 0 Å². The Labute approximate surface area is 126 Å². The van der Waals surface area contributed by atoms with Gasteiger partial charge >= 0.3 is 0 Å². The average Bonchev–Trinajstić information content (AvgIpc) is 2.49. The lowest BCUT2D eigenvalue weighted by atomic mass is 9.77. The van der Waals surface area contributed by atoms with Crippen LogP contribution >= 0.6 is 0 Å². The number of benzene rings is 2. The standard InChI is InChI=1S/C18H24N2O/c1-2-21-17-9-13(10-17)11-18(20-19)16-8-7-14-5-3-4-6-15(14)12-16/h3-8,12-13,17-18,20H,2,9-11,19H2,1H3. The smallest absolute Gasteiger partial charge is 0.0580 e. The molecule has 0 heterocycles. The maximum atomic E-state index is 5.79. The van der Waals surface area contributed by atoms with E-state index in [4.69, 9.17) is 10.6 Å². The monoisotopic (exact) mass is 284 g/mol. The lowest BCUT2D eigenvalue weighted by Gasteiger charge is -2.37. The molecule has 3 N–H and O–H groups in total. The lowest BCUT2D eigenvalue weighted by Crippen LogP contribution is -2.36. The molecule has 0 aromatic heterocycles. The van der Waals surface area contributed by atoms with Crippen LogP contribution in [0.15, 0.2) is 42.5 Å². The number of rotatable bonds is 6. The van der Waals surface area contributed by atoms with Gasteiger partial charge in [0.1, 0.15) is 0 Å². The number of hydrazine groups is 1. The van der Waals surface area contributed by atoms with Gasteiger partial charge in [0.25, 0.3) is 0 Å². The van der Waals surface area contributed by atoms with Crippen LogP contribution in [0, 0.1) is 5.92 Å². The zero-order valence-electron chi connectivity index (χ0n) is 12.6. The maximum Gasteiger partial charge on any atom is 0.0580 e. The van der Waals surface area contributed by atoms with Gasteiger partial charge in [0.2, 0.25) is 0 Å². The number of hydrogen-bond acceptors (Lipinski definition) is 3. The van der Waals surface area contributed by atoms with Gasteiger partial charge in [-0.05, 0) is 54.5 Å². The van der Waals surface area contributed by atoms with E-state index in [2.05, 4.69) is 54.8 Å². The summed E-state index contributed by atoms with van der Waals surface area (Å²) in [6, 6.07) is 15.3. The van der Waals surface area contributed by atoms with Crippen molar-refractivity contribution in [3.8, 4) is 0 Å². The van der Waals surface area contributed by atoms with Gasteiger partial charge in [0, 0.05) is 12.6 Å². The third-order valence-corrected chi connectivity index (χ3v) is 4.54. The minimum atomic E-state index is 0.224. The number of fused-ring (bicyclic) bond motifs is 1. The van der Waals surface area contributed by atoms with Crippen molar-refractivity contribution in [1.29, 1.82) is 0 Å². The van der Waals surface area contributed by atoms with Crippen molar-refractivity contribution in [1.82, 2.24) is 5.43 Å². The van der Waals surface area contributed by atoms with Crippen LogP contribution < -0.4 is 11.3 Å². The van der Waals surface area contributed by atoms with Gasteiger partial charge < -0.3 is 4.74 Å². The first-order valence-electron chi connectivity index (χ1n) is 7.86. The highest BCUT2D eigenvalue weighted by atomic mass is 16.5. The first-order valence-corrected chi connectivity index (χ1v) is 7.86. The van der Waals surface area contributed by atoms with Gasteiger partial charge in [0.05, 0.1) is 6.10 Å². The Morgan fingerprint density at radius 3 is 2.67 bits per heavy atom. The van der Waals surface area contributed by atoms with Gasteiger partial charge in [0.15, 0.2) is 0 Å². The second-order valence-corrected chi connectivity index (χ2v) is 5.98. The zero-order chi connectivity index (χ0) is 14.7. The number of nitrogens with two attached hydrogens (primary N) is 1. The molecule has 1 aliphatic rings. The Hall–Kier alpha value is -1.42. The van der Waals surface area contributed by atoms with Crippen LogP contribution in [0.25, 0.3) is 10.8 Å². The van der Waals surface area contributed by atoms with Crippen molar-refractivity contribution in [3.05, 3.63) is 48.0 Å². The normalized spacial score (nSPS) is 23.0. The number of ether oxygens (including phenoxy) is 1. The molecule has 1 aliphatic carbocycles. The van der Waals surface area contributed by atoms with Crippen LogP contribution in [0.3, 0.4) is 0 Å². The minimum Gasteiger partial charge on any atom is -0.378 e. The topological polar surface area (TPSA) is 47.3 Å². The van der Waals surface area contributed by atoms with Crippen LogP contribution in [-0.2, 0) is 4.74 Å². The fourth-order valence-corrected chi connectivity index (χ4v) is 3.30. The highest BCUT2D eigenvalue weighted by molar-refractivity contribution is 5.83. The molecule has 112 valence electrons. The summed E-state index contributed by atoms with van der Waals surface area (Å²) >= 11 is 0. The summed E-state index contributed by atoms with van der Waals surface area (Å²) < 4.78 is 5.63. The van der Waals surface area contributed by atoms with Crippen molar-refractivity contribution < 1.29 is 4.74 Å². The molecule has 0 saturated heterocycles. The van der Waals surface area contributed by atoms with Gasteiger partial charge in [-0.25, -0.2) is 0 Å². The van der Waals surface area contributed by atoms with Crippen LogP contribution in [-0.4, -0.2) is 12.7 Å². The van der Waals surface area contributed by atoms with E-state index >= 15 is 0 Å². The molecule has 2 aromatic carbocycles. The molecule has 2 aromatic rings. The first kappa shape index (κ1) is 14.5. The van der Waals surface area contributed by atoms with Gasteiger partial charge in [-0.15, -0.1) is 0 Å². The van der Waals surface area contributed by atoms with E-state index in [1.165, 1.54) is 29.2 Å². The Balaban J connectivity index is 1.67. The highest BCUT2D eigenvalue weighted by Crippen LogP contribution is 2.37. The Morgan fingerprint density at radius 1 is 1.19 bits per heavy atom. The van der Waals surface area contributed by atoms with E-state index in [1.807, 2.05) is 0 Å². The fourth-order valence-electron chi connectivity index (χ4n) is 3.30. The Bertz CT molecular complexity index is 593. The molecule has 3 nitrogen and oxygen atoms in total.